The van der Waals surface area contributed by atoms with Crippen LogP contribution in [0.15, 0.2) is 36.4 Å². The van der Waals surface area contributed by atoms with Gasteiger partial charge in [0.1, 0.15) is 11.6 Å². The lowest BCUT2D eigenvalue weighted by atomic mass is 10.2. The van der Waals surface area contributed by atoms with Crippen LogP contribution in [0.3, 0.4) is 0 Å². The average Bonchev–Trinajstić information content (AvgIpc) is 2.98. The highest BCUT2D eigenvalue weighted by Crippen LogP contribution is 2.27. The molecule has 0 radical (unpaired) electrons. The standard InChI is InChI=1S/C14H9F2N5/c15-7-1-3-9(10(16)5-7)13-19-20-14-18-11-4-2-8(17)6-12(11)21(13)14/h1-6H,17H2,(H,18,20). The molecular formula is C14H9F2N5. The van der Waals surface area contributed by atoms with Gasteiger partial charge in [0.05, 0.1) is 16.6 Å². The summed E-state index contributed by atoms with van der Waals surface area (Å²) in [5.41, 5.74) is 7.95. The highest BCUT2D eigenvalue weighted by Gasteiger charge is 2.16. The molecule has 3 N–H and O–H groups in total. The van der Waals surface area contributed by atoms with Crippen molar-refractivity contribution >= 4 is 22.5 Å². The highest BCUT2D eigenvalue weighted by atomic mass is 19.1. The van der Waals surface area contributed by atoms with Crippen molar-refractivity contribution in [1.29, 1.82) is 0 Å². The molecule has 0 unspecified atom stereocenters. The van der Waals surface area contributed by atoms with E-state index in [9.17, 15) is 8.78 Å². The minimum Gasteiger partial charge on any atom is -0.399 e. The fraction of sp³-hybridized carbons (Fsp3) is 0. The van der Waals surface area contributed by atoms with Gasteiger partial charge in [0, 0.05) is 11.8 Å². The van der Waals surface area contributed by atoms with E-state index in [0.29, 0.717) is 28.3 Å². The summed E-state index contributed by atoms with van der Waals surface area (Å²) in [6.07, 6.45) is 0. The molecule has 0 amide bonds. The molecule has 0 fully saturated rings. The van der Waals surface area contributed by atoms with Gasteiger partial charge in [-0.2, -0.15) is 5.10 Å². The predicted octanol–water partition coefficient (Wildman–Crippen LogP) is 2.74. The second-order valence-corrected chi connectivity index (χ2v) is 4.69. The number of rotatable bonds is 1. The summed E-state index contributed by atoms with van der Waals surface area (Å²) in [5.74, 6) is -0.540. The fourth-order valence-corrected chi connectivity index (χ4v) is 2.39. The summed E-state index contributed by atoms with van der Waals surface area (Å²) in [6.45, 7) is 0. The molecule has 0 atom stereocenters. The van der Waals surface area contributed by atoms with Crippen LogP contribution in [-0.2, 0) is 0 Å². The zero-order chi connectivity index (χ0) is 14.6. The van der Waals surface area contributed by atoms with Crippen molar-refractivity contribution in [2.45, 2.75) is 0 Å². The van der Waals surface area contributed by atoms with Crippen molar-refractivity contribution in [3.63, 3.8) is 0 Å². The molecule has 21 heavy (non-hydrogen) atoms. The number of hydrogen-bond acceptors (Lipinski definition) is 3. The highest BCUT2D eigenvalue weighted by molar-refractivity contribution is 5.84. The van der Waals surface area contributed by atoms with Crippen LogP contribution in [0.5, 0.6) is 0 Å². The molecule has 0 saturated carbocycles. The summed E-state index contributed by atoms with van der Waals surface area (Å²) in [4.78, 5) is 4.34. The minimum absolute atomic E-state index is 0.185. The smallest absolute Gasteiger partial charge is 0.230 e. The van der Waals surface area contributed by atoms with Gasteiger partial charge in [-0.1, -0.05) is 0 Å². The van der Waals surface area contributed by atoms with Gasteiger partial charge < -0.3 is 5.73 Å². The Balaban J connectivity index is 2.09. The normalized spacial score (nSPS) is 11.5. The predicted molar refractivity (Wildman–Crippen MR) is 74.6 cm³/mol. The second kappa shape index (κ2) is 4.02. The molecule has 4 rings (SSSR count). The molecule has 104 valence electrons. The van der Waals surface area contributed by atoms with Crippen LogP contribution in [0.4, 0.5) is 14.5 Å². The molecule has 0 aliphatic carbocycles. The largest absolute Gasteiger partial charge is 0.399 e. The number of nitrogens with two attached hydrogens (primary N) is 1. The molecule has 5 nitrogen and oxygen atoms in total. The van der Waals surface area contributed by atoms with Crippen molar-refractivity contribution in [3.8, 4) is 11.4 Å². The van der Waals surface area contributed by atoms with Crippen LogP contribution in [0.1, 0.15) is 0 Å². The first kappa shape index (κ1) is 11.8. The van der Waals surface area contributed by atoms with E-state index in [1.165, 1.54) is 12.1 Å². The molecule has 0 aliphatic rings. The van der Waals surface area contributed by atoms with Gasteiger partial charge in [-0.05, 0) is 30.3 Å². The number of hydrogen-bond donors (Lipinski definition) is 2. The van der Waals surface area contributed by atoms with E-state index >= 15 is 0 Å². The lowest BCUT2D eigenvalue weighted by molar-refractivity contribution is 0.585. The Morgan fingerprint density at radius 3 is 2.76 bits per heavy atom. The van der Waals surface area contributed by atoms with E-state index in [1.807, 2.05) is 0 Å². The third-order valence-corrected chi connectivity index (χ3v) is 3.32. The molecule has 2 heterocycles. The van der Waals surface area contributed by atoms with E-state index in [-0.39, 0.29) is 5.56 Å². The van der Waals surface area contributed by atoms with Gasteiger partial charge in [0.25, 0.3) is 0 Å². The minimum atomic E-state index is -0.686. The Bertz CT molecular complexity index is 986. The maximum Gasteiger partial charge on any atom is 0.230 e. The number of aromatic amines is 1. The number of nitrogens with zero attached hydrogens (tertiary/aromatic N) is 3. The van der Waals surface area contributed by atoms with Gasteiger partial charge in [-0.15, -0.1) is 0 Å². The van der Waals surface area contributed by atoms with Crippen LogP contribution < -0.4 is 5.73 Å². The van der Waals surface area contributed by atoms with Crippen LogP contribution in [0.2, 0.25) is 0 Å². The molecule has 7 heteroatoms. The Morgan fingerprint density at radius 1 is 1.10 bits per heavy atom. The molecule has 0 aliphatic heterocycles. The maximum atomic E-state index is 14.0. The third kappa shape index (κ3) is 1.67. The van der Waals surface area contributed by atoms with Gasteiger partial charge in [-0.3, -0.25) is 4.40 Å². The summed E-state index contributed by atoms with van der Waals surface area (Å²) in [7, 11) is 0. The number of halogens is 2. The Labute approximate surface area is 117 Å². The average molecular weight is 285 g/mol. The number of fused-ring (bicyclic) bond motifs is 3. The number of anilines is 1. The lowest BCUT2D eigenvalue weighted by Gasteiger charge is -2.01. The molecule has 0 spiro atoms. The summed E-state index contributed by atoms with van der Waals surface area (Å²) in [5, 5.41) is 6.81. The zero-order valence-corrected chi connectivity index (χ0v) is 10.6. The summed E-state index contributed by atoms with van der Waals surface area (Å²) < 4.78 is 28.7. The number of benzene rings is 2. The molecular weight excluding hydrogens is 276 g/mol. The van der Waals surface area contributed by atoms with Gasteiger partial charge in [-0.25, -0.2) is 18.9 Å². The summed E-state index contributed by atoms with van der Waals surface area (Å²) in [6, 6.07) is 8.60. The molecule has 4 aromatic rings. The van der Waals surface area contributed by atoms with Gasteiger partial charge in [0.2, 0.25) is 5.78 Å². The number of aromatic nitrogens is 4. The van der Waals surface area contributed by atoms with Crippen molar-refractivity contribution < 1.29 is 8.78 Å². The first-order valence-electron chi connectivity index (χ1n) is 6.21. The van der Waals surface area contributed by atoms with Crippen LogP contribution in [-0.4, -0.2) is 19.6 Å². The SMILES string of the molecule is Nc1ccc2nc3[nH]nc(-c4ccc(F)cc4F)n3c2c1. The van der Waals surface area contributed by atoms with Crippen LogP contribution in [0, 0.1) is 11.6 Å². The van der Waals surface area contributed by atoms with E-state index in [1.54, 1.807) is 22.6 Å². The second-order valence-electron chi connectivity index (χ2n) is 4.69. The lowest BCUT2D eigenvalue weighted by Crippen LogP contribution is -1.93. The van der Waals surface area contributed by atoms with Gasteiger partial charge in [0.15, 0.2) is 5.82 Å². The van der Waals surface area contributed by atoms with Crippen molar-refractivity contribution in [1.82, 2.24) is 19.6 Å². The number of nitrogen functional groups attached to an aromatic ring is 1. The molecule has 0 saturated heterocycles. The van der Waals surface area contributed by atoms with E-state index in [4.69, 9.17) is 5.73 Å². The topological polar surface area (TPSA) is 72.0 Å². The molecule has 2 aromatic carbocycles. The van der Waals surface area contributed by atoms with E-state index in [2.05, 4.69) is 15.2 Å². The number of H-pyrrole nitrogens is 1. The van der Waals surface area contributed by atoms with Crippen LogP contribution in [0.25, 0.3) is 28.2 Å². The van der Waals surface area contributed by atoms with E-state index in [0.717, 1.165) is 6.07 Å². The zero-order valence-electron chi connectivity index (χ0n) is 10.6. The molecule has 0 bridgehead atoms. The Morgan fingerprint density at radius 2 is 1.95 bits per heavy atom. The molecule has 2 aromatic heterocycles. The number of nitrogens with one attached hydrogen (secondary N) is 1. The van der Waals surface area contributed by atoms with E-state index < -0.39 is 11.6 Å². The third-order valence-electron chi connectivity index (χ3n) is 3.32. The van der Waals surface area contributed by atoms with Crippen molar-refractivity contribution in [2.75, 3.05) is 5.73 Å². The quantitative estimate of drug-likeness (QED) is 0.528. The maximum absolute atomic E-state index is 14.0. The first-order valence-corrected chi connectivity index (χ1v) is 6.21. The van der Waals surface area contributed by atoms with Crippen LogP contribution >= 0.6 is 0 Å². The van der Waals surface area contributed by atoms with Crippen molar-refractivity contribution in [2.24, 2.45) is 0 Å². The fourth-order valence-electron chi connectivity index (χ4n) is 2.39. The van der Waals surface area contributed by atoms with Crippen molar-refractivity contribution in [3.05, 3.63) is 48.0 Å². The first-order chi connectivity index (χ1) is 10.1. The Hall–Kier alpha value is -2.96. The Kier molecular flexibility index (Phi) is 2.26. The summed E-state index contributed by atoms with van der Waals surface area (Å²) >= 11 is 0. The van der Waals surface area contributed by atoms with Gasteiger partial charge >= 0.3 is 0 Å². The monoisotopic (exact) mass is 285 g/mol. The number of imidazole rings is 1.